The van der Waals surface area contributed by atoms with Crippen molar-refractivity contribution in [3.05, 3.63) is 28.8 Å². The lowest BCUT2D eigenvalue weighted by Crippen LogP contribution is -2.33. The molecule has 0 bridgehead atoms. The SMILES string of the molecule is CCCCCCCC1CC(NCC)c2cc(Cl)ccc2O1. The second-order valence-electron chi connectivity index (χ2n) is 5.97. The van der Waals surface area contributed by atoms with Crippen molar-refractivity contribution in [2.75, 3.05) is 6.54 Å². The van der Waals surface area contributed by atoms with Crippen molar-refractivity contribution in [1.82, 2.24) is 5.32 Å². The molecule has 1 heterocycles. The van der Waals surface area contributed by atoms with E-state index in [9.17, 15) is 0 Å². The summed E-state index contributed by atoms with van der Waals surface area (Å²) in [5.41, 5.74) is 1.21. The van der Waals surface area contributed by atoms with E-state index in [1.807, 2.05) is 18.2 Å². The Bertz CT molecular complexity index is 435. The molecule has 0 aliphatic carbocycles. The topological polar surface area (TPSA) is 21.3 Å². The zero-order valence-corrected chi connectivity index (χ0v) is 14.1. The van der Waals surface area contributed by atoms with E-state index in [4.69, 9.17) is 16.3 Å². The van der Waals surface area contributed by atoms with Crippen LogP contribution in [0.25, 0.3) is 0 Å². The van der Waals surface area contributed by atoms with Crippen molar-refractivity contribution in [3.8, 4) is 5.75 Å². The van der Waals surface area contributed by atoms with Crippen molar-refractivity contribution in [1.29, 1.82) is 0 Å². The number of hydrogen-bond donors (Lipinski definition) is 1. The summed E-state index contributed by atoms with van der Waals surface area (Å²) in [6.07, 6.45) is 9.15. The van der Waals surface area contributed by atoms with Crippen LogP contribution >= 0.6 is 11.6 Å². The van der Waals surface area contributed by atoms with Crippen molar-refractivity contribution >= 4 is 11.6 Å². The van der Waals surface area contributed by atoms with Crippen molar-refractivity contribution in [2.45, 2.75) is 70.9 Å². The van der Waals surface area contributed by atoms with Crippen LogP contribution < -0.4 is 10.1 Å². The normalized spacial score (nSPS) is 20.9. The minimum atomic E-state index is 0.337. The largest absolute Gasteiger partial charge is 0.490 e. The molecule has 2 unspecified atom stereocenters. The van der Waals surface area contributed by atoms with E-state index >= 15 is 0 Å². The Morgan fingerprint density at radius 3 is 2.76 bits per heavy atom. The number of unbranched alkanes of at least 4 members (excludes halogenated alkanes) is 4. The standard InChI is InChI=1S/C18H28ClNO/c1-3-5-6-7-8-9-15-13-17(20-4-2)16-12-14(19)10-11-18(16)21-15/h10-12,15,17,20H,3-9,13H2,1-2H3. The molecule has 0 saturated heterocycles. The first-order valence-electron chi connectivity index (χ1n) is 8.44. The quantitative estimate of drug-likeness (QED) is 0.640. The second kappa shape index (κ2) is 8.65. The van der Waals surface area contributed by atoms with Crippen LogP contribution in [0, 0.1) is 0 Å². The Balaban J connectivity index is 1.93. The Kier molecular flexibility index (Phi) is 6.85. The van der Waals surface area contributed by atoms with Crippen LogP contribution in [0.3, 0.4) is 0 Å². The fourth-order valence-electron chi connectivity index (χ4n) is 3.11. The third-order valence-electron chi connectivity index (χ3n) is 4.22. The van der Waals surface area contributed by atoms with E-state index < -0.39 is 0 Å². The molecule has 0 radical (unpaired) electrons. The van der Waals surface area contributed by atoms with E-state index in [0.717, 1.165) is 30.2 Å². The molecule has 2 rings (SSSR count). The highest BCUT2D eigenvalue weighted by Gasteiger charge is 2.27. The monoisotopic (exact) mass is 309 g/mol. The van der Waals surface area contributed by atoms with Crippen molar-refractivity contribution in [3.63, 3.8) is 0 Å². The molecule has 0 aromatic heterocycles. The average Bonchev–Trinajstić information content (AvgIpc) is 2.48. The number of ether oxygens (including phenoxy) is 1. The van der Waals surface area contributed by atoms with E-state index in [1.165, 1.54) is 37.7 Å². The Hall–Kier alpha value is -0.730. The Morgan fingerprint density at radius 2 is 2.00 bits per heavy atom. The minimum absolute atomic E-state index is 0.337. The van der Waals surface area contributed by atoms with Crippen molar-refractivity contribution < 1.29 is 4.74 Å². The predicted octanol–water partition coefficient (Wildman–Crippen LogP) is 5.50. The summed E-state index contributed by atoms with van der Waals surface area (Å²) in [5.74, 6) is 1.01. The minimum Gasteiger partial charge on any atom is -0.490 e. The maximum Gasteiger partial charge on any atom is 0.124 e. The van der Waals surface area contributed by atoms with Gasteiger partial charge in [-0.05, 0) is 37.6 Å². The van der Waals surface area contributed by atoms with Gasteiger partial charge in [0.25, 0.3) is 0 Å². The molecule has 1 aromatic carbocycles. The molecule has 0 fully saturated rings. The number of rotatable bonds is 8. The molecule has 1 aliphatic rings. The summed E-state index contributed by atoms with van der Waals surface area (Å²) >= 11 is 6.13. The maximum absolute atomic E-state index is 6.17. The van der Waals surface area contributed by atoms with Crippen LogP contribution in [0.15, 0.2) is 18.2 Å². The molecule has 1 aliphatic heterocycles. The fraction of sp³-hybridized carbons (Fsp3) is 0.667. The van der Waals surface area contributed by atoms with Crippen LogP contribution in [0.2, 0.25) is 5.02 Å². The summed E-state index contributed by atoms with van der Waals surface area (Å²) in [6.45, 7) is 5.38. The van der Waals surface area contributed by atoms with Crippen LogP contribution in [0.1, 0.15) is 70.4 Å². The summed E-state index contributed by atoms with van der Waals surface area (Å²) < 4.78 is 6.17. The third kappa shape index (κ3) is 4.89. The van der Waals surface area contributed by atoms with Gasteiger partial charge in [-0.2, -0.15) is 0 Å². The molecule has 118 valence electrons. The van der Waals surface area contributed by atoms with E-state index in [0.29, 0.717) is 12.1 Å². The number of benzene rings is 1. The van der Waals surface area contributed by atoms with E-state index in [-0.39, 0.29) is 0 Å². The Morgan fingerprint density at radius 1 is 1.19 bits per heavy atom. The third-order valence-corrected chi connectivity index (χ3v) is 4.45. The Labute approximate surface area is 134 Å². The highest BCUT2D eigenvalue weighted by molar-refractivity contribution is 6.30. The number of fused-ring (bicyclic) bond motifs is 1. The van der Waals surface area contributed by atoms with Gasteiger partial charge >= 0.3 is 0 Å². The van der Waals surface area contributed by atoms with Gasteiger partial charge in [0.15, 0.2) is 0 Å². The molecule has 1 N–H and O–H groups in total. The molecule has 0 saturated carbocycles. The molecular weight excluding hydrogens is 282 g/mol. The molecule has 2 atom stereocenters. The van der Waals surface area contributed by atoms with Crippen LogP contribution in [0.5, 0.6) is 5.75 Å². The maximum atomic E-state index is 6.17. The molecule has 21 heavy (non-hydrogen) atoms. The van der Waals surface area contributed by atoms with Gasteiger partial charge in [-0.3, -0.25) is 0 Å². The summed E-state index contributed by atoms with van der Waals surface area (Å²) in [5, 5.41) is 4.36. The lowest BCUT2D eigenvalue weighted by Gasteiger charge is -2.33. The van der Waals surface area contributed by atoms with Crippen molar-refractivity contribution in [2.24, 2.45) is 0 Å². The first-order valence-corrected chi connectivity index (χ1v) is 8.81. The van der Waals surface area contributed by atoms with E-state index in [2.05, 4.69) is 19.2 Å². The van der Waals surface area contributed by atoms with Gasteiger partial charge in [0, 0.05) is 23.0 Å². The molecule has 0 amide bonds. The first-order chi connectivity index (χ1) is 10.2. The number of nitrogens with one attached hydrogen (secondary N) is 1. The summed E-state index contributed by atoms with van der Waals surface area (Å²) in [4.78, 5) is 0. The van der Waals surface area contributed by atoms with Gasteiger partial charge in [0.05, 0.1) is 0 Å². The molecular formula is C18H28ClNO. The van der Waals surface area contributed by atoms with Gasteiger partial charge in [0.2, 0.25) is 0 Å². The smallest absolute Gasteiger partial charge is 0.124 e. The second-order valence-corrected chi connectivity index (χ2v) is 6.41. The predicted molar refractivity (Wildman–Crippen MR) is 90.3 cm³/mol. The lowest BCUT2D eigenvalue weighted by atomic mass is 9.93. The first kappa shape index (κ1) is 16.6. The van der Waals surface area contributed by atoms with Gasteiger partial charge in [-0.1, -0.05) is 51.1 Å². The van der Waals surface area contributed by atoms with Crippen LogP contribution in [0.4, 0.5) is 0 Å². The summed E-state index contributed by atoms with van der Waals surface area (Å²) in [6, 6.07) is 6.36. The van der Waals surface area contributed by atoms with E-state index in [1.54, 1.807) is 0 Å². The molecule has 3 heteroatoms. The lowest BCUT2D eigenvalue weighted by molar-refractivity contribution is 0.138. The molecule has 1 aromatic rings. The number of hydrogen-bond acceptors (Lipinski definition) is 2. The van der Waals surface area contributed by atoms with Crippen LogP contribution in [-0.2, 0) is 0 Å². The van der Waals surface area contributed by atoms with Crippen LogP contribution in [-0.4, -0.2) is 12.6 Å². The molecule has 2 nitrogen and oxygen atoms in total. The highest BCUT2D eigenvalue weighted by atomic mass is 35.5. The summed E-state index contributed by atoms with van der Waals surface area (Å²) in [7, 11) is 0. The zero-order valence-electron chi connectivity index (χ0n) is 13.3. The van der Waals surface area contributed by atoms with Gasteiger partial charge in [-0.25, -0.2) is 0 Å². The van der Waals surface area contributed by atoms with Gasteiger partial charge < -0.3 is 10.1 Å². The molecule has 0 spiro atoms. The zero-order chi connectivity index (χ0) is 15.1. The number of halogens is 1. The average molecular weight is 310 g/mol. The fourth-order valence-corrected chi connectivity index (χ4v) is 3.29. The van der Waals surface area contributed by atoms with Gasteiger partial charge in [0.1, 0.15) is 11.9 Å². The van der Waals surface area contributed by atoms with Gasteiger partial charge in [-0.15, -0.1) is 0 Å². The highest BCUT2D eigenvalue weighted by Crippen LogP contribution is 2.37.